The highest BCUT2D eigenvalue weighted by atomic mass is 16.5. The van der Waals surface area contributed by atoms with E-state index in [0.717, 1.165) is 31.4 Å². The van der Waals surface area contributed by atoms with Crippen molar-refractivity contribution in [1.29, 1.82) is 0 Å². The smallest absolute Gasteiger partial charge is 0.276 e. The van der Waals surface area contributed by atoms with Crippen LogP contribution in [0.2, 0.25) is 0 Å². The van der Waals surface area contributed by atoms with Gasteiger partial charge in [0.25, 0.3) is 5.91 Å². The van der Waals surface area contributed by atoms with Gasteiger partial charge in [-0.15, -0.1) is 0 Å². The van der Waals surface area contributed by atoms with E-state index in [0.29, 0.717) is 43.8 Å². The summed E-state index contributed by atoms with van der Waals surface area (Å²) in [7, 11) is 0. The van der Waals surface area contributed by atoms with Crippen molar-refractivity contribution in [3.05, 3.63) is 17.5 Å². The number of aromatic nitrogens is 1. The molecule has 1 atom stereocenters. The van der Waals surface area contributed by atoms with Gasteiger partial charge in [0, 0.05) is 44.2 Å². The average Bonchev–Trinajstić information content (AvgIpc) is 3.54. The number of nitrogens with one attached hydrogen (secondary N) is 1. The lowest BCUT2D eigenvalue weighted by Gasteiger charge is -2.37. The van der Waals surface area contributed by atoms with E-state index < -0.39 is 0 Å². The Labute approximate surface area is 141 Å². The summed E-state index contributed by atoms with van der Waals surface area (Å²) in [4.78, 5) is 28.6. The molecule has 3 aliphatic rings. The van der Waals surface area contributed by atoms with E-state index in [1.807, 2.05) is 6.92 Å². The first-order valence-electron chi connectivity index (χ1n) is 8.92. The van der Waals surface area contributed by atoms with Crippen molar-refractivity contribution < 1.29 is 14.1 Å². The molecule has 1 aromatic rings. The Morgan fingerprint density at radius 2 is 1.92 bits per heavy atom. The lowest BCUT2D eigenvalue weighted by atomic mass is 10.2. The summed E-state index contributed by atoms with van der Waals surface area (Å²) in [6, 6.07) is 2.03. The molecule has 0 radical (unpaired) electrons. The monoisotopic (exact) mass is 332 g/mol. The first-order chi connectivity index (χ1) is 11.6. The van der Waals surface area contributed by atoms with E-state index in [4.69, 9.17) is 4.52 Å². The lowest BCUT2D eigenvalue weighted by molar-refractivity contribution is -0.126. The zero-order chi connectivity index (χ0) is 16.7. The van der Waals surface area contributed by atoms with Crippen LogP contribution in [-0.4, -0.2) is 65.0 Å². The molecule has 130 valence electrons. The number of amides is 2. The third-order valence-electron chi connectivity index (χ3n) is 5.18. The second kappa shape index (κ2) is 6.20. The molecule has 1 saturated heterocycles. The molecule has 1 N–H and O–H groups in total. The summed E-state index contributed by atoms with van der Waals surface area (Å²) in [6.07, 6.45) is 4.45. The van der Waals surface area contributed by atoms with Gasteiger partial charge < -0.3 is 14.7 Å². The maximum atomic E-state index is 12.5. The SMILES string of the molecule is CC(C(=O)NC1CC1)N1CCN(C(=O)c2cc(C3CC3)on2)CC1. The minimum absolute atomic E-state index is 0.0691. The molecule has 3 fully saturated rings. The number of carbonyl (C=O) groups is 2. The van der Waals surface area contributed by atoms with Gasteiger partial charge >= 0.3 is 0 Å². The van der Waals surface area contributed by atoms with Crippen LogP contribution in [0.4, 0.5) is 0 Å². The number of rotatable bonds is 5. The summed E-state index contributed by atoms with van der Waals surface area (Å²) in [5.74, 6) is 1.33. The number of hydrogen-bond donors (Lipinski definition) is 1. The van der Waals surface area contributed by atoms with Gasteiger partial charge in [-0.1, -0.05) is 5.16 Å². The third-order valence-corrected chi connectivity index (χ3v) is 5.18. The van der Waals surface area contributed by atoms with Crippen LogP contribution in [0, 0.1) is 0 Å². The van der Waals surface area contributed by atoms with E-state index in [1.54, 1.807) is 11.0 Å². The van der Waals surface area contributed by atoms with Gasteiger partial charge in [-0.2, -0.15) is 0 Å². The number of piperazine rings is 1. The topological polar surface area (TPSA) is 78.7 Å². The Hall–Kier alpha value is -1.89. The second-order valence-corrected chi connectivity index (χ2v) is 7.18. The summed E-state index contributed by atoms with van der Waals surface area (Å²) >= 11 is 0. The maximum Gasteiger partial charge on any atom is 0.276 e. The van der Waals surface area contributed by atoms with Crippen molar-refractivity contribution in [3.63, 3.8) is 0 Å². The predicted molar refractivity (Wildman–Crippen MR) is 86.6 cm³/mol. The van der Waals surface area contributed by atoms with Gasteiger partial charge in [0.05, 0.1) is 6.04 Å². The Balaban J connectivity index is 1.29. The Morgan fingerprint density at radius 1 is 1.21 bits per heavy atom. The van der Waals surface area contributed by atoms with Crippen LogP contribution in [0.25, 0.3) is 0 Å². The van der Waals surface area contributed by atoms with Gasteiger partial charge in [0.2, 0.25) is 5.91 Å². The zero-order valence-corrected chi connectivity index (χ0v) is 14.0. The number of nitrogens with zero attached hydrogens (tertiary/aromatic N) is 3. The Kier molecular flexibility index (Phi) is 4.04. The maximum absolute atomic E-state index is 12.5. The molecule has 0 spiro atoms. The molecule has 2 saturated carbocycles. The van der Waals surface area contributed by atoms with E-state index in [1.165, 1.54) is 0 Å². The van der Waals surface area contributed by atoms with Crippen LogP contribution in [0.3, 0.4) is 0 Å². The average molecular weight is 332 g/mol. The van der Waals surface area contributed by atoms with Crippen LogP contribution < -0.4 is 5.32 Å². The van der Waals surface area contributed by atoms with Crippen molar-refractivity contribution >= 4 is 11.8 Å². The first-order valence-corrected chi connectivity index (χ1v) is 8.92. The van der Waals surface area contributed by atoms with Crippen molar-refractivity contribution in [2.75, 3.05) is 26.2 Å². The van der Waals surface area contributed by atoms with E-state index >= 15 is 0 Å². The molecule has 7 nitrogen and oxygen atoms in total. The third kappa shape index (κ3) is 3.31. The standard InChI is InChI=1S/C17H24N4O3/c1-11(16(22)18-13-4-5-13)20-6-8-21(9-7-20)17(23)14-10-15(24-19-14)12-2-3-12/h10-13H,2-9H2,1H3,(H,18,22). The van der Waals surface area contributed by atoms with Crippen LogP contribution in [0.1, 0.15) is 54.8 Å². The van der Waals surface area contributed by atoms with E-state index in [2.05, 4.69) is 15.4 Å². The number of carbonyl (C=O) groups excluding carboxylic acids is 2. The van der Waals surface area contributed by atoms with Gasteiger partial charge in [0.15, 0.2) is 5.69 Å². The fourth-order valence-corrected chi connectivity index (χ4v) is 3.14. The van der Waals surface area contributed by atoms with Crippen molar-refractivity contribution in [2.45, 2.75) is 50.6 Å². The molecule has 1 unspecified atom stereocenters. The summed E-state index contributed by atoms with van der Waals surface area (Å²) < 4.78 is 5.27. The summed E-state index contributed by atoms with van der Waals surface area (Å²) in [5.41, 5.74) is 0.407. The molecule has 1 aliphatic heterocycles. The normalized spacial score (nSPS) is 23.1. The van der Waals surface area contributed by atoms with Crippen LogP contribution in [-0.2, 0) is 4.79 Å². The van der Waals surface area contributed by atoms with Gasteiger partial charge in [0.1, 0.15) is 5.76 Å². The fraction of sp³-hybridized carbons (Fsp3) is 0.706. The lowest BCUT2D eigenvalue weighted by Crippen LogP contribution is -2.55. The highest BCUT2D eigenvalue weighted by Gasteiger charge is 2.33. The molecule has 4 rings (SSSR count). The quantitative estimate of drug-likeness (QED) is 0.869. The second-order valence-electron chi connectivity index (χ2n) is 7.18. The molecule has 2 aliphatic carbocycles. The van der Waals surface area contributed by atoms with Gasteiger partial charge in [-0.25, -0.2) is 0 Å². The molecule has 7 heteroatoms. The number of hydrogen-bond acceptors (Lipinski definition) is 5. The minimum Gasteiger partial charge on any atom is -0.360 e. The van der Waals surface area contributed by atoms with Crippen molar-refractivity contribution in [2.24, 2.45) is 0 Å². The van der Waals surface area contributed by atoms with Crippen LogP contribution in [0.5, 0.6) is 0 Å². The molecule has 1 aromatic heterocycles. The fourth-order valence-electron chi connectivity index (χ4n) is 3.14. The van der Waals surface area contributed by atoms with E-state index in [9.17, 15) is 9.59 Å². The van der Waals surface area contributed by atoms with E-state index in [-0.39, 0.29) is 17.9 Å². The van der Waals surface area contributed by atoms with Gasteiger partial charge in [-0.05, 0) is 32.6 Å². The molecule has 0 bridgehead atoms. The molecular weight excluding hydrogens is 308 g/mol. The predicted octanol–water partition coefficient (Wildman–Crippen LogP) is 0.977. The first kappa shape index (κ1) is 15.6. The molecule has 24 heavy (non-hydrogen) atoms. The minimum atomic E-state index is -0.142. The molecule has 0 aromatic carbocycles. The Bertz CT molecular complexity index is 628. The van der Waals surface area contributed by atoms with Crippen molar-refractivity contribution in [1.82, 2.24) is 20.3 Å². The van der Waals surface area contributed by atoms with Crippen LogP contribution >= 0.6 is 0 Å². The van der Waals surface area contributed by atoms with Gasteiger partial charge in [-0.3, -0.25) is 14.5 Å². The van der Waals surface area contributed by atoms with Crippen molar-refractivity contribution in [3.8, 4) is 0 Å². The largest absolute Gasteiger partial charge is 0.360 e. The zero-order valence-electron chi connectivity index (χ0n) is 14.0. The molecule has 2 amide bonds. The highest BCUT2D eigenvalue weighted by molar-refractivity contribution is 5.92. The Morgan fingerprint density at radius 3 is 2.54 bits per heavy atom. The molecule has 2 heterocycles. The van der Waals surface area contributed by atoms with Crippen LogP contribution in [0.15, 0.2) is 10.6 Å². The highest BCUT2D eigenvalue weighted by Crippen LogP contribution is 2.40. The molecular formula is C17H24N4O3. The summed E-state index contributed by atoms with van der Waals surface area (Å²) in [5, 5.41) is 6.98. The summed E-state index contributed by atoms with van der Waals surface area (Å²) in [6.45, 7) is 4.59.